The van der Waals surface area contributed by atoms with Crippen LogP contribution in [0.1, 0.15) is 43.6 Å². The Labute approximate surface area is 193 Å². The van der Waals surface area contributed by atoms with Crippen molar-refractivity contribution in [2.75, 3.05) is 0 Å². The topological polar surface area (TPSA) is 61.7 Å². The van der Waals surface area contributed by atoms with Crippen molar-refractivity contribution in [2.45, 2.75) is 70.9 Å². The summed E-state index contributed by atoms with van der Waals surface area (Å²) in [5.41, 5.74) is 3.42. The van der Waals surface area contributed by atoms with Crippen molar-refractivity contribution in [1.29, 1.82) is 0 Å². The standard InChI is InChI=1S/C24H25F4N5O/c1-15-21(16(2)34-31-15)17-8-20-22(29-9-17)19(18-10-30-33(11-18)14-24(26,27)28)12-32(20)13-23(25)6-4-3-5-7-23/h8-12H,3-7,13-14H2,1-2H3. The van der Waals surface area contributed by atoms with Gasteiger partial charge in [0.1, 0.15) is 18.0 Å². The third-order valence-corrected chi connectivity index (χ3v) is 6.53. The molecule has 0 aliphatic heterocycles. The lowest BCUT2D eigenvalue weighted by Gasteiger charge is -2.30. The summed E-state index contributed by atoms with van der Waals surface area (Å²) in [5, 5.41) is 7.88. The van der Waals surface area contributed by atoms with Crippen LogP contribution >= 0.6 is 0 Å². The Morgan fingerprint density at radius 2 is 1.82 bits per heavy atom. The fourth-order valence-electron chi connectivity index (χ4n) is 4.96. The van der Waals surface area contributed by atoms with Crippen molar-refractivity contribution in [2.24, 2.45) is 0 Å². The lowest BCUT2D eigenvalue weighted by molar-refractivity contribution is -0.142. The third-order valence-electron chi connectivity index (χ3n) is 6.53. The van der Waals surface area contributed by atoms with Gasteiger partial charge < -0.3 is 9.09 Å². The van der Waals surface area contributed by atoms with E-state index in [1.54, 1.807) is 12.4 Å². The van der Waals surface area contributed by atoms with E-state index < -0.39 is 18.4 Å². The Hall–Kier alpha value is -3.17. The van der Waals surface area contributed by atoms with Crippen LogP contribution in [0.5, 0.6) is 0 Å². The third kappa shape index (κ3) is 4.33. The Kier molecular flexibility index (Phi) is 5.49. The molecule has 1 fully saturated rings. The molecule has 0 N–H and O–H groups in total. The molecule has 0 saturated heterocycles. The van der Waals surface area contributed by atoms with Crippen molar-refractivity contribution in [3.63, 3.8) is 0 Å². The van der Waals surface area contributed by atoms with Gasteiger partial charge in [0.2, 0.25) is 0 Å². The Bertz CT molecular complexity index is 1310. The number of alkyl halides is 4. The van der Waals surface area contributed by atoms with E-state index >= 15 is 4.39 Å². The number of halogens is 4. The number of rotatable bonds is 5. The molecule has 0 radical (unpaired) electrons. The van der Waals surface area contributed by atoms with E-state index in [9.17, 15) is 13.2 Å². The fraction of sp³-hybridized carbons (Fsp3) is 0.458. The Morgan fingerprint density at radius 1 is 1.06 bits per heavy atom. The van der Waals surface area contributed by atoms with Gasteiger partial charge in [-0.25, -0.2) is 4.39 Å². The number of aromatic nitrogens is 5. The summed E-state index contributed by atoms with van der Waals surface area (Å²) >= 11 is 0. The number of hydrogen-bond donors (Lipinski definition) is 0. The van der Waals surface area contributed by atoms with Crippen molar-refractivity contribution in [3.8, 4) is 22.3 Å². The summed E-state index contributed by atoms with van der Waals surface area (Å²) in [4.78, 5) is 4.64. The van der Waals surface area contributed by atoms with E-state index in [0.717, 1.165) is 40.8 Å². The second-order valence-electron chi connectivity index (χ2n) is 9.21. The molecular formula is C24H25F4N5O. The molecule has 4 aromatic heterocycles. The summed E-state index contributed by atoms with van der Waals surface area (Å²) in [6.07, 6.45) is 5.52. The zero-order valence-corrected chi connectivity index (χ0v) is 19.0. The van der Waals surface area contributed by atoms with Crippen molar-refractivity contribution in [3.05, 3.63) is 42.3 Å². The van der Waals surface area contributed by atoms with Crippen LogP contribution in [0.25, 0.3) is 33.3 Å². The van der Waals surface area contributed by atoms with E-state index in [1.807, 2.05) is 24.5 Å². The molecule has 0 amide bonds. The van der Waals surface area contributed by atoms with Crippen molar-refractivity contribution in [1.82, 2.24) is 24.5 Å². The molecule has 10 heteroatoms. The second-order valence-corrected chi connectivity index (χ2v) is 9.21. The molecule has 1 saturated carbocycles. The first-order chi connectivity index (χ1) is 16.1. The highest BCUT2D eigenvalue weighted by Crippen LogP contribution is 2.38. The van der Waals surface area contributed by atoms with Crippen molar-refractivity contribution < 1.29 is 22.1 Å². The highest BCUT2D eigenvalue weighted by Gasteiger charge is 2.33. The van der Waals surface area contributed by atoms with E-state index in [0.29, 0.717) is 40.8 Å². The molecule has 0 atom stereocenters. The molecule has 4 aromatic rings. The molecule has 34 heavy (non-hydrogen) atoms. The van der Waals surface area contributed by atoms with Crippen LogP contribution in [-0.4, -0.2) is 36.3 Å². The molecule has 0 aromatic carbocycles. The fourth-order valence-corrected chi connectivity index (χ4v) is 4.96. The summed E-state index contributed by atoms with van der Waals surface area (Å²) in [6.45, 7) is 2.64. The largest absolute Gasteiger partial charge is 0.408 e. The summed E-state index contributed by atoms with van der Waals surface area (Å²) in [7, 11) is 0. The maximum atomic E-state index is 15.7. The predicted molar refractivity (Wildman–Crippen MR) is 119 cm³/mol. The monoisotopic (exact) mass is 475 g/mol. The summed E-state index contributed by atoms with van der Waals surface area (Å²) in [5.74, 6) is 0.652. The molecule has 1 aliphatic rings. The average Bonchev–Trinajstić information content (AvgIpc) is 3.45. The molecule has 1 aliphatic carbocycles. The molecule has 180 valence electrons. The summed E-state index contributed by atoms with van der Waals surface area (Å²) < 4.78 is 62.2. The predicted octanol–water partition coefficient (Wildman–Crippen LogP) is 6.41. The zero-order chi connectivity index (χ0) is 24.1. The van der Waals surface area contributed by atoms with Crippen molar-refractivity contribution >= 4 is 11.0 Å². The highest BCUT2D eigenvalue weighted by molar-refractivity contribution is 5.94. The van der Waals surface area contributed by atoms with Crippen LogP contribution in [0.3, 0.4) is 0 Å². The van der Waals surface area contributed by atoms with Gasteiger partial charge in [-0.1, -0.05) is 24.4 Å². The number of pyridine rings is 1. The van der Waals surface area contributed by atoms with E-state index in [-0.39, 0.29) is 6.54 Å². The van der Waals surface area contributed by atoms with Crippen LogP contribution in [-0.2, 0) is 13.1 Å². The minimum Gasteiger partial charge on any atom is -0.361 e. The number of hydrogen-bond acceptors (Lipinski definition) is 4. The molecule has 4 heterocycles. The molecule has 6 nitrogen and oxygen atoms in total. The van der Waals surface area contributed by atoms with Gasteiger partial charge in [0.15, 0.2) is 0 Å². The van der Waals surface area contributed by atoms with Gasteiger partial charge in [0, 0.05) is 40.8 Å². The molecule has 5 rings (SSSR count). The smallest absolute Gasteiger partial charge is 0.361 e. The quantitative estimate of drug-likeness (QED) is 0.313. The first kappa shape index (κ1) is 22.6. The maximum absolute atomic E-state index is 15.7. The van der Waals surface area contributed by atoms with Gasteiger partial charge in [-0.2, -0.15) is 18.3 Å². The zero-order valence-electron chi connectivity index (χ0n) is 19.0. The normalized spacial score (nSPS) is 16.4. The van der Waals surface area contributed by atoms with Gasteiger partial charge in [-0.15, -0.1) is 0 Å². The maximum Gasteiger partial charge on any atom is 0.408 e. The van der Waals surface area contributed by atoms with Crippen LogP contribution in [0.15, 0.2) is 35.4 Å². The molecule has 0 spiro atoms. The van der Waals surface area contributed by atoms with Gasteiger partial charge in [0.05, 0.1) is 29.5 Å². The number of fused-ring (bicyclic) bond motifs is 1. The van der Waals surface area contributed by atoms with Crippen LogP contribution < -0.4 is 0 Å². The minimum absolute atomic E-state index is 0.160. The average molecular weight is 475 g/mol. The summed E-state index contributed by atoms with van der Waals surface area (Å²) in [6, 6.07) is 1.92. The SMILES string of the molecule is Cc1noc(C)c1-c1cnc2c(-c3cnn(CC(F)(F)F)c3)cn(CC3(F)CCCCC3)c2c1. The van der Waals surface area contributed by atoms with Gasteiger partial charge in [0.25, 0.3) is 0 Å². The van der Waals surface area contributed by atoms with Gasteiger partial charge >= 0.3 is 6.18 Å². The van der Waals surface area contributed by atoms with Crippen LogP contribution in [0.2, 0.25) is 0 Å². The van der Waals surface area contributed by atoms with Crippen LogP contribution in [0, 0.1) is 13.8 Å². The second kappa shape index (κ2) is 8.25. The Morgan fingerprint density at radius 3 is 2.50 bits per heavy atom. The van der Waals surface area contributed by atoms with E-state index in [1.165, 1.54) is 12.4 Å². The lowest BCUT2D eigenvalue weighted by atomic mass is 9.86. The van der Waals surface area contributed by atoms with E-state index in [2.05, 4.69) is 15.2 Å². The minimum atomic E-state index is -4.37. The van der Waals surface area contributed by atoms with E-state index in [4.69, 9.17) is 4.52 Å². The first-order valence-electron chi connectivity index (χ1n) is 11.3. The van der Waals surface area contributed by atoms with Gasteiger partial charge in [-0.05, 0) is 32.8 Å². The molecular weight excluding hydrogens is 450 g/mol. The molecule has 0 bridgehead atoms. The molecule has 0 unspecified atom stereocenters. The Balaban J connectivity index is 1.62. The number of nitrogens with zero attached hydrogens (tertiary/aromatic N) is 5. The highest BCUT2D eigenvalue weighted by atomic mass is 19.4. The lowest BCUT2D eigenvalue weighted by Crippen LogP contribution is -2.31. The van der Waals surface area contributed by atoms with Gasteiger partial charge in [-0.3, -0.25) is 9.67 Å². The number of aryl methyl sites for hydroxylation is 2. The van der Waals surface area contributed by atoms with Crippen LogP contribution in [0.4, 0.5) is 17.6 Å². The first-order valence-corrected chi connectivity index (χ1v) is 11.3.